The first-order valence-electron chi connectivity index (χ1n) is 7.59. The number of rotatable bonds is 5. The number of carbonyl (C=O) groups excluding carboxylic acids is 2. The molecule has 1 saturated carbocycles. The summed E-state index contributed by atoms with van der Waals surface area (Å²) in [5.41, 5.74) is 2.48. The van der Waals surface area contributed by atoms with Crippen LogP contribution in [0.25, 0.3) is 0 Å². The summed E-state index contributed by atoms with van der Waals surface area (Å²) in [6.07, 6.45) is 3.23. The van der Waals surface area contributed by atoms with Gasteiger partial charge in [0.1, 0.15) is 0 Å². The largest absolute Gasteiger partial charge is 0.354 e. The van der Waals surface area contributed by atoms with E-state index in [4.69, 9.17) is 0 Å². The summed E-state index contributed by atoms with van der Waals surface area (Å²) in [6.45, 7) is 1.12. The summed E-state index contributed by atoms with van der Waals surface area (Å²) >= 11 is 0. The molecule has 0 aromatic heterocycles. The molecule has 1 heterocycles. The fraction of sp³-hybridized carbons (Fsp3) is 0.500. The van der Waals surface area contributed by atoms with Crippen molar-refractivity contribution in [2.45, 2.75) is 44.3 Å². The third-order valence-corrected chi connectivity index (χ3v) is 3.99. The molecule has 1 aromatic rings. The highest BCUT2D eigenvalue weighted by atomic mass is 16.2. The van der Waals surface area contributed by atoms with E-state index in [2.05, 4.69) is 28.1 Å². The lowest BCUT2D eigenvalue weighted by Gasteiger charge is -2.25. The van der Waals surface area contributed by atoms with Crippen molar-refractivity contribution in [2.24, 2.45) is 0 Å². The highest BCUT2D eigenvalue weighted by Crippen LogP contribution is 2.18. The van der Waals surface area contributed by atoms with Gasteiger partial charge in [0.2, 0.25) is 11.8 Å². The lowest BCUT2D eigenvalue weighted by molar-refractivity contribution is -0.123. The summed E-state index contributed by atoms with van der Waals surface area (Å²) in [4.78, 5) is 23.7. The Balaban J connectivity index is 1.42. The second-order valence-corrected chi connectivity index (χ2v) is 5.79. The number of hydrogen-bond donors (Lipinski definition) is 3. The Morgan fingerprint density at radius 3 is 2.71 bits per heavy atom. The van der Waals surface area contributed by atoms with Crippen molar-refractivity contribution in [3.8, 4) is 0 Å². The van der Waals surface area contributed by atoms with Crippen LogP contribution in [0.15, 0.2) is 24.3 Å². The topological polar surface area (TPSA) is 70.2 Å². The standard InChI is InChI=1S/C16H21N3O2/c20-15(19-13-5-6-13)7-8-17-16(21)14-9-11-3-1-2-4-12(11)10-18-14/h1-4,13-14,18H,5-10H2,(H,17,21)(H,19,20)/t14-/m0/s1. The third-order valence-electron chi connectivity index (χ3n) is 3.99. The van der Waals surface area contributed by atoms with Crippen molar-refractivity contribution in [3.63, 3.8) is 0 Å². The number of amides is 2. The fourth-order valence-electron chi connectivity index (χ4n) is 2.59. The van der Waals surface area contributed by atoms with Gasteiger partial charge in [-0.2, -0.15) is 0 Å². The van der Waals surface area contributed by atoms with Crippen molar-refractivity contribution in [1.82, 2.24) is 16.0 Å². The molecule has 1 atom stereocenters. The number of carbonyl (C=O) groups is 2. The second-order valence-electron chi connectivity index (χ2n) is 5.79. The average Bonchev–Trinajstić information content (AvgIpc) is 3.30. The van der Waals surface area contributed by atoms with Crippen LogP contribution in [0.1, 0.15) is 30.4 Å². The molecule has 1 aliphatic heterocycles. The van der Waals surface area contributed by atoms with Gasteiger partial charge in [-0.25, -0.2) is 0 Å². The van der Waals surface area contributed by atoms with E-state index in [1.165, 1.54) is 11.1 Å². The highest BCUT2D eigenvalue weighted by Gasteiger charge is 2.25. The summed E-state index contributed by atoms with van der Waals surface area (Å²) < 4.78 is 0. The van der Waals surface area contributed by atoms with Gasteiger partial charge in [0, 0.05) is 25.6 Å². The molecule has 0 spiro atoms. The van der Waals surface area contributed by atoms with Crippen LogP contribution in [0.2, 0.25) is 0 Å². The van der Waals surface area contributed by atoms with E-state index in [9.17, 15) is 9.59 Å². The maximum Gasteiger partial charge on any atom is 0.237 e. The first kappa shape index (κ1) is 14.1. The zero-order chi connectivity index (χ0) is 14.7. The molecule has 5 nitrogen and oxygen atoms in total. The molecule has 1 aliphatic carbocycles. The van der Waals surface area contributed by atoms with Gasteiger partial charge in [-0.15, -0.1) is 0 Å². The van der Waals surface area contributed by atoms with Crippen LogP contribution in [0.4, 0.5) is 0 Å². The normalized spacial score (nSPS) is 20.5. The number of benzene rings is 1. The minimum absolute atomic E-state index is 0.0243. The van der Waals surface area contributed by atoms with Crippen LogP contribution >= 0.6 is 0 Å². The predicted molar refractivity (Wildman–Crippen MR) is 79.6 cm³/mol. The molecule has 2 amide bonds. The highest BCUT2D eigenvalue weighted by molar-refractivity contribution is 5.83. The van der Waals surface area contributed by atoms with Crippen molar-refractivity contribution >= 4 is 11.8 Å². The van der Waals surface area contributed by atoms with E-state index >= 15 is 0 Å². The van der Waals surface area contributed by atoms with E-state index < -0.39 is 0 Å². The van der Waals surface area contributed by atoms with E-state index in [0.717, 1.165) is 19.4 Å². The second kappa shape index (κ2) is 6.26. The molecule has 0 radical (unpaired) electrons. The lowest BCUT2D eigenvalue weighted by Crippen LogP contribution is -2.48. The maximum absolute atomic E-state index is 12.1. The summed E-state index contributed by atoms with van der Waals surface area (Å²) in [5.74, 6) is 0.00322. The van der Waals surface area contributed by atoms with Gasteiger partial charge in [0.25, 0.3) is 0 Å². The smallest absolute Gasteiger partial charge is 0.237 e. The van der Waals surface area contributed by atoms with Crippen LogP contribution in [-0.4, -0.2) is 30.4 Å². The molecular weight excluding hydrogens is 266 g/mol. The van der Waals surface area contributed by atoms with Gasteiger partial charge >= 0.3 is 0 Å². The van der Waals surface area contributed by atoms with Crippen molar-refractivity contribution in [1.29, 1.82) is 0 Å². The maximum atomic E-state index is 12.1. The van der Waals surface area contributed by atoms with Crippen LogP contribution in [0.5, 0.6) is 0 Å². The van der Waals surface area contributed by atoms with E-state index in [-0.39, 0.29) is 17.9 Å². The molecule has 5 heteroatoms. The molecule has 21 heavy (non-hydrogen) atoms. The Morgan fingerprint density at radius 1 is 1.19 bits per heavy atom. The molecule has 3 N–H and O–H groups in total. The fourth-order valence-corrected chi connectivity index (χ4v) is 2.59. The Kier molecular flexibility index (Phi) is 4.20. The molecule has 0 unspecified atom stereocenters. The van der Waals surface area contributed by atoms with Gasteiger partial charge in [0.15, 0.2) is 0 Å². The van der Waals surface area contributed by atoms with Crippen LogP contribution in [0, 0.1) is 0 Å². The van der Waals surface area contributed by atoms with Gasteiger partial charge in [-0.3, -0.25) is 9.59 Å². The molecular formula is C16H21N3O2. The predicted octanol–water partition coefficient (Wildman–Crippen LogP) is 0.486. The zero-order valence-corrected chi connectivity index (χ0v) is 12.0. The minimum Gasteiger partial charge on any atom is -0.354 e. The van der Waals surface area contributed by atoms with Crippen molar-refractivity contribution < 1.29 is 9.59 Å². The molecule has 0 bridgehead atoms. The number of hydrogen-bond acceptors (Lipinski definition) is 3. The average molecular weight is 287 g/mol. The van der Waals surface area contributed by atoms with Crippen LogP contribution in [-0.2, 0) is 22.6 Å². The SMILES string of the molecule is O=C(CCNC(=O)[C@@H]1Cc2ccccc2CN1)NC1CC1. The molecule has 2 aliphatic rings. The molecule has 3 rings (SSSR count). The Bertz CT molecular complexity index is 540. The quantitative estimate of drug-likeness (QED) is 0.738. The van der Waals surface area contributed by atoms with Crippen LogP contribution < -0.4 is 16.0 Å². The van der Waals surface area contributed by atoms with Gasteiger partial charge < -0.3 is 16.0 Å². The lowest BCUT2D eigenvalue weighted by atomic mass is 9.95. The molecule has 1 fully saturated rings. The first-order valence-corrected chi connectivity index (χ1v) is 7.59. The summed E-state index contributed by atoms with van der Waals surface area (Å²) in [5, 5.41) is 9.00. The summed E-state index contributed by atoms with van der Waals surface area (Å²) in [6, 6.07) is 8.34. The Labute approximate surface area is 124 Å². The molecule has 112 valence electrons. The monoisotopic (exact) mass is 287 g/mol. The van der Waals surface area contributed by atoms with Crippen molar-refractivity contribution in [2.75, 3.05) is 6.54 Å². The Morgan fingerprint density at radius 2 is 1.95 bits per heavy atom. The van der Waals surface area contributed by atoms with E-state index in [0.29, 0.717) is 25.4 Å². The minimum atomic E-state index is -0.202. The van der Waals surface area contributed by atoms with Gasteiger partial charge in [0.05, 0.1) is 6.04 Å². The van der Waals surface area contributed by atoms with E-state index in [1.807, 2.05) is 12.1 Å². The first-order chi connectivity index (χ1) is 10.2. The van der Waals surface area contributed by atoms with Gasteiger partial charge in [-0.05, 0) is 30.4 Å². The number of fused-ring (bicyclic) bond motifs is 1. The van der Waals surface area contributed by atoms with Crippen molar-refractivity contribution in [3.05, 3.63) is 35.4 Å². The van der Waals surface area contributed by atoms with E-state index in [1.54, 1.807) is 0 Å². The molecule has 1 aromatic carbocycles. The van der Waals surface area contributed by atoms with Gasteiger partial charge in [-0.1, -0.05) is 24.3 Å². The third kappa shape index (κ3) is 3.82. The molecule has 0 saturated heterocycles. The Hall–Kier alpha value is -1.88. The zero-order valence-electron chi connectivity index (χ0n) is 12.0. The number of nitrogens with one attached hydrogen (secondary N) is 3. The van der Waals surface area contributed by atoms with Crippen LogP contribution in [0.3, 0.4) is 0 Å². The summed E-state index contributed by atoms with van der Waals surface area (Å²) in [7, 11) is 0.